The van der Waals surface area contributed by atoms with Crippen LogP contribution in [0.1, 0.15) is 62.4 Å². The van der Waals surface area contributed by atoms with Crippen molar-refractivity contribution >= 4 is 28.4 Å². The highest BCUT2D eigenvalue weighted by Gasteiger charge is 2.17. The Morgan fingerprint density at radius 2 is 1.74 bits per heavy atom. The van der Waals surface area contributed by atoms with E-state index >= 15 is 0 Å². The van der Waals surface area contributed by atoms with Crippen LogP contribution in [0.4, 0.5) is 10.1 Å². The van der Waals surface area contributed by atoms with E-state index in [4.69, 9.17) is 5.21 Å². The van der Waals surface area contributed by atoms with E-state index in [0.29, 0.717) is 37.0 Å². The largest absolute Gasteiger partial charge is 0.346 e. The van der Waals surface area contributed by atoms with Crippen LogP contribution in [0.3, 0.4) is 0 Å². The predicted octanol–water partition coefficient (Wildman–Crippen LogP) is 4.76. The number of anilines is 1. The number of unbranched alkanes of at least 4 members (excludes halogenated alkanes) is 2. The van der Waals surface area contributed by atoms with Crippen molar-refractivity contribution in [3.05, 3.63) is 75.8 Å². The van der Waals surface area contributed by atoms with E-state index in [1.165, 1.54) is 18.3 Å². The van der Waals surface area contributed by atoms with Crippen molar-refractivity contribution in [1.82, 2.24) is 10.0 Å². The van der Waals surface area contributed by atoms with Crippen LogP contribution >= 0.6 is 0 Å². The third kappa shape index (κ3) is 6.08. The maximum absolute atomic E-state index is 13.9. The maximum Gasteiger partial charge on any atom is 0.261 e. The Morgan fingerprint density at radius 1 is 1.03 bits per heavy atom. The Hall–Kier alpha value is -3.52. The minimum absolute atomic E-state index is 0.0272. The van der Waals surface area contributed by atoms with Crippen LogP contribution in [-0.2, 0) is 16.8 Å². The zero-order valence-corrected chi connectivity index (χ0v) is 19.7. The number of fused-ring (bicyclic) bond motifs is 1. The molecule has 3 aromatic rings. The molecule has 0 fully saturated rings. The van der Waals surface area contributed by atoms with Gasteiger partial charge in [-0.1, -0.05) is 39.3 Å². The number of nitrogens with zero attached hydrogens (tertiary/aromatic N) is 1. The number of nitrogens with one attached hydrogen (secondary N) is 2. The molecule has 1 heterocycles. The van der Waals surface area contributed by atoms with Gasteiger partial charge in [-0.25, -0.2) is 9.87 Å². The Labute approximate surface area is 197 Å². The van der Waals surface area contributed by atoms with Crippen LogP contribution in [-0.4, -0.2) is 21.6 Å². The summed E-state index contributed by atoms with van der Waals surface area (Å²) in [5.74, 6) is -1.56. The van der Waals surface area contributed by atoms with Crippen LogP contribution in [0.15, 0.2) is 53.5 Å². The van der Waals surface area contributed by atoms with Crippen molar-refractivity contribution in [3.63, 3.8) is 0 Å². The highest BCUT2D eigenvalue weighted by atomic mass is 19.1. The smallest absolute Gasteiger partial charge is 0.261 e. The first kappa shape index (κ1) is 25.1. The summed E-state index contributed by atoms with van der Waals surface area (Å²) in [7, 11) is 0. The van der Waals surface area contributed by atoms with E-state index in [0.717, 1.165) is 11.6 Å². The molecule has 0 atom stereocenters. The zero-order chi connectivity index (χ0) is 24.9. The van der Waals surface area contributed by atoms with Gasteiger partial charge in [0.1, 0.15) is 11.4 Å². The van der Waals surface area contributed by atoms with Gasteiger partial charge in [-0.3, -0.25) is 19.6 Å². The van der Waals surface area contributed by atoms with Crippen molar-refractivity contribution in [3.8, 4) is 0 Å². The normalized spacial score (nSPS) is 11.4. The molecule has 0 saturated carbocycles. The number of amides is 2. The average Bonchev–Trinajstić information content (AvgIpc) is 2.79. The minimum Gasteiger partial charge on any atom is -0.346 e. The molecule has 0 spiro atoms. The van der Waals surface area contributed by atoms with Crippen LogP contribution in [0.5, 0.6) is 0 Å². The van der Waals surface area contributed by atoms with Crippen molar-refractivity contribution in [2.24, 2.45) is 0 Å². The number of rotatable bonds is 8. The fraction of sp³-hybridized carbons (Fsp3) is 0.346. The van der Waals surface area contributed by atoms with Crippen molar-refractivity contribution in [2.45, 2.75) is 58.4 Å². The summed E-state index contributed by atoms with van der Waals surface area (Å²) >= 11 is 0. The average molecular weight is 468 g/mol. The molecule has 34 heavy (non-hydrogen) atoms. The van der Waals surface area contributed by atoms with E-state index < -0.39 is 23.1 Å². The summed E-state index contributed by atoms with van der Waals surface area (Å²) in [5.41, 5.74) is 3.18. The lowest BCUT2D eigenvalue weighted by Crippen LogP contribution is -2.24. The molecule has 0 unspecified atom stereocenters. The number of hydroxylamine groups is 1. The monoisotopic (exact) mass is 467 g/mol. The minimum atomic E-state index is -0.562. The van der Waals surface area contributed by atoms with Gasteiger partial charge in [0, 0.05) is 30.2 Å². The van der Waals surface area contributed by atoms with Crippen molar-refractivity contribution < 1.29 is 19.2 Å². The van der Waals surface area contributed by atoms with Gasteiger partial charge in [0.25, 0.3) is 5.91 Å². The van der Waals surface area contributed by atoms with Gasteiger partial charge >= 0.3 is 0 Å². The molecule has 3 rings (SSSR count). The number of halogens is 1. The van der Waals surface area contributed by atoms with Gasteiger partial charge < -0.3 is 9.88 Å². The first-order valence-electron chi connectivity index (χ1n) is 11.3. The van der Waals surface area contributed by atoms with E-state index in [2.05, 4.69) is 26.1 Å². The zero-order valence-electron chi connectivity index (χ0n) is 19.7. The van der Waals surface area contributed by atoms with Crippen LogP contribution in [0.2, 0.25) is 0 Å². The highest BCUT2D eigenvalue weighted by molar-refractivity contribution is 6.05. The number of hydrogen-bond acceptors (Lipinski definition) is 4. The molecule has 8 heteroatoms. The van der Waals surface area contributed by atoms with Gasteiger partial charge in [0.15, 0.2) is 0 Å². The summed E-state index contributed by atoms with van der Waals surface area (Å²) in [6, 6.07) is 11.4. The quantitative estimate of drug-likeness (QED) is 0.253. The first-order chi connectivity index (χ1) is 16.1. The number of aromatic nitrogens is 1. The summed E-state index contributed by atoms with van der Waals surface area (Å²) in [6.45, 7) is 6.76. The molecule has 0 aliphatic rings. The summed E-state index contributed by atoms with van der Waals surface area (Å²) in [4.78, 5) is 37.2. The summed E-state index contributed by atoms with van der Waals surface area (Å²) in [5, 5.41) is 11.5. The SMILES string of the molecule is CC(C)(C)c1ccc(NC(=O)c2cn(CCCCCC(=O)NO)c3ccc(F)cc3c2=O)cc1. The lowest BCUT2D eigenvalue weighted by molar-refractivity contribution is -0.129. The molecule has 0 radical (unpaired) electrons. The molecule has 0 bridgehead atoms. The van der Waals surface area contributed by atoms with Gasteiger partial charge in [0.2, 0.25) is 11.3 Å². The lowest BCUT2D eigenvalue weighted by Gasteiger charge is -2.19. The number of carbonyl (C=O) groups is 2. The topological polar surface area (TPSA) is 100 Å². The molecule has 180 valence electrons. The molecular weight excluding hydrogens is 437 g/mol. The predicted molar refractivity (Wildman–Crippen MR) is 130 cm³/mol. The fourth-order valence-corrected chi connectivity index (χ4v) is 3.77. The molecule has 0 aliphatic heterocycles. The number of benzene rings is 2. The second kappa shape index (κ2) is 10.6. The van der Waals surface area contributed by atoms with Gasteiger partial charge in [-0.15, -0.1) is 0 Å². The Morgan fingerprint density at radius 3 is 2.38 bits per heavy atom. The van der Waals surface area contributed by atoms with Crippen LogP contribution in [0, 0.1) is 5.82 Å². The number of aryl methyl sites for hydroxylation is 1. The summed E-state index contributed by atoms with van der Waals surface area (Å²) < 4.78 is 15.7. The Bertz CT molecular complexity index is 1240. The fourth-order valence-electron chi connectivity index (χ4n) is 3.77. The Kier molecular flexibility index (Phi) is 7.83. The molecule has 7 nitrogen and oxygen atoms in total. The van der Waals surface area contributed by atoms with Crippen LogP contribution < -0.4 is 16.2 Å². The molecule has 2 aromatic carbocycles. The molecule has 2 amide bonds. The van der Waals surface area contributed by atoms with Crippen LogP contribution in [0.25, 0.3) is 10.9 Å². The van der Waals surface area contributed by atoms with E-state index in [1.54, 1.807) is 22.2 Å². The highest BCUT2D eigenvalue weighted by Crippen LogP contribution is 2.24. The third-order valence-electron chi connectivity index (χ3n) is 5.72. The van der Waals surface area contributed by atoms with Gasteiger partial charge in [0.05, 0.1) is 5.52 Å². The van der Waals surface area contributed by atoms with Crippen molar-refractivity contribution in [2.75, 3.05) is 5.32 Å². The summed E-state index contributed by atoms with van der Waals surface area (Å²) in [6.07, 6.45) is 3.65. The van der Waals surface area contributed by atoms with Gasteiger partial charge in [-0.2, -0.15) is 0 Å². The standard InChI is InChI=1S/C26H30FN3O4/c1-26(2,3)17-8-11-19(12-9-17)28-25(33)21-16-30(14-6-4-5-7-23(31)29-34)22-13-10-18(27)15-20(22)24(21)32/h8-13,15-16,34H,4-7,14H2,1-3H3,(H,28,33)(H,29,31). The number of carbonyl (C=O) groups excluding carboxylic acids is 2. The molecule has 3 N–H and O–H groups in total. The molecular formula is C26H30FN3O4. The van der Waals surface area contributed by atoms with Crippen molar-refractivity contribution in [1.29, 1.82) is 0 Å². The second-order valence-corrected chi connectivity index (χ2v) is 9.35. The number of hydrogen-bond donors (Lipinski definition) is 3. The Balaban J connectivity index is 1.85. The van der Waals surface area contributed by atoms with E-state index in [9.17, 15) is 18.8 Å². The second-order valence-electron chi connectivity index (χ2n) is 9.35. The molecule has 0 saturated heterocycles. The number of pyridine rings is 1. The molecule has 1 aromatic heterocycles. The van der Waals surface area contributed by atoms with E-state index in [1.807, 2.05) is 12.1 Å². The maximum atomic E-state index is 13.9. The van der Waals surface area contributed by atoms with Gasteiger partial charge in [-0.05, 0) is 54.2 Å². The molecule has 0 aliphatic carbocycles. The lowest BCUT2D eigenvalue weighted by atomic mass is 9.87. The first-order valence-corrected chi connectivity index (χ1v) is 11.3. The third-order valence-corrected chi connectivity index (χ3v) is 5.72. The van der Waals surface area contributed by atoms with E-state index in [-0.39, 0.29) is 22.8 Å².